The zero-order valence-electron chi connectivity index (χ0n) is 33.4. The summed E-state index contributed by atoms with van der Waals surface area (Å²) in [7, 11) is 0. The Morgan fingerprint density at radius 2 is 1.61 bits per heavy atom. The fourth-order valence-electron chi connectivity index (χ4n) is 11.7. The molecule has 304 valence electrons. The molecule has 8 rings (SSSR count). The zero-order chi connectivity index (χ0) is 39.5. The van der Waals surface area contributed by atoms with Gasteiger partial charge in [0.2, 0.25) is 17.6 Å². The molecule has 4 N–H and O–H groups in total. The number of piperidine rings is 1. The lowest BCUT2D eigenvalue weighted by atomic mass is 9.53. The highest BCUT2D eigenvalue weighted by atomic mass is 16.5. The Balaban J connectivity index is 0.991. The summed E-state index contributed by atoms with van der Waals surface area (Å²) in [5, 5.41) is 12.2. The first-order valence-corrected chi connectivity index (χ1v) is 21.4. The van der Waals surface area contributed by atoms with Crippen molar-refractivity contribution in [1.29, 1.82) is 0 Å². The predicted molar refractivity (Wildman–Crippen MR) is 214 cm³/mol. The standard InChI is InChI=1S/C45H63N5O6/c1-4-5-18-35(39(51)41(53)46-19-12-13-20-56-28-29-14-8-6-9-15-29)47-40(52)38-36-34(44(36,2)3)27-50(38)42(54)37(33-16-10-7-11-17-33)48-43(55)49-45-24-30-21-31(25-45)23-32(22-30)26-45/h4,6,8-9,12-15,30-38H,1,5,7,10-11,16-28H2,2-3H3,(H,46,53)(H,47,52)(H2,48,49,55)/t30?,31?,32?,34-,35-,36-,37-,38-,45?/m0/s1. The topological polar surface area (TPSA) is 146 Å². The van der Waals surface area contributed by atoms with Crippen LogP contribution >= 0.6 is 0 Å². The third kappa shape index (κ3) is 8.93. The minimum absolute atomic E-state index is 0.0119. The van der Waals surface area contributed by atoms with E-state index < -0.39 is 35.7 Å². The smallest absolute Gasteiger partial charge is 0.315 e. The monoisotopic (exact) mass is 769 g/mol. The number of hydrogen-bond acceptors (Lipinski definition) is 6. The minimum atomic E-state index is -1.07. The Kier molecular flexibility index (Phi) is 12.4. The van der Waals surface area contributed by atoms with E-state index in [1.54, 1.807) is 23.1 Å². The van der Waals surface area contributed by atoms with Crippen LogP contribution in [0.4, 0.5) is 4.79 Å². The van der Waals surface area contributed by atoms with Gasteiger partial charge < -0.3 is 30.9 Å². The van der Waals surface area contributed by atoms with Gasteiger partial charge in [0.05, 0.1) is 19.3 Å². The molecule has 5 amide bonds. The van der Waals surface area contributed by atoms with Crippen molar-refractivity contribution in [3.05, 3.63) is 60.7 Å². The molecule has 1 saturated heterocycles. The first-order valence-electron chi connectivity index (χ1n) is 21.4. The molecule has 11 heteroatoms. The number of carbonyl (C=O) groups excluding carboxylic acids is 5. The summed E-state index contributed by atoms with van der Waals surface area (Å²) >= 11 is 0. The number of likely N-dealkylation sites (tertiary alicyclic amines) is 1. The number of allylic oxidation sites excluding steroid dienone is 1. The van der Waals surface area contributed by atoms with Crippen LogP contribution in [0, 0.1) is 40.9 Å². The van der Waals surface area contributed by atoms with Gasteiger partial charge >= 0.3 is 6.03 Å². The second-order valence-corrected chi connectivity index (χ2v) is 18.5. The van der Waals surface area contributed by atoms with Crippen LogP contribution in [0.25, 0.3) is 0 Å². The van der Waals surface area contributed by atoms with Crippen LogP contribution in [-0.2, 0) is 30.5 Å². The molecule has 11 nitrogen and oxygen atoms in total. The number of fused-ring (bicyclic) bond motifs is 1. The molecule has 1 aromatic rings. The summed E-state index contributed by atoms with van der Waals surface area (Å²) in [5.74, 6) is -0.104. The van der Waals surface area contributed by atoms with Crippen LogP contribution in [0.15, 0.2) is 55.1 Å². The molecule has 6 saturated carbocycles. The van der Waals surface area contributed by atoms with Crippen molar-refractivity contribution >= 4 is 29.5 Å². The Morgan fingerprint density at radius 1 is 0.929 bits per heavy atom. The van der Waals surface area contributed by atoms with E-state index in [2.05, 4.69) is 41.7 Å². The first-order chi connectivity index (χ1) is 27.0. The summed E-state index contributed by atoms with van der Waals surface area (Å²) < 4.78 is 5.64. The van der Waals surface area contributed by atoms with Crippen LogP contribution in [0.3, 0.4) is 0 Å². The third-order valence-corrected chi connectivity index (χ3v) is 14.2. The molecule has 1 aromatic carbocycles. The maximum atomic E-state index is 14.8. The predicted octanol–water partition coefficient (Wildman–Crippen LogP) is 5.60. The molecule has 6 aliphatic carbocycles. The van der Waals surface area contributed by atoms with Crippen LogP contribution in [0.1, 0.15) is 103 Å². The quantitative estimate of drug-likeness (QED) is 0.0924. The largest absolute Gasteiger partial charge is 0.373 e. The van der Waals surface area contributed by atoms with Crippen LogP contribution in [-0.4, -0.2) is 77.8 Å². The number of benzene rings is 1. The number of amides is 5. The van der Waals surface area contributed by atoms with Gasteiger partial charge in [-0.3, -0.25) is 19.2 Å². The van der Waals surface area contributed by atoms with E-state index in [1.807, 2.05) is 30.3 Å². The van der Waals surface area contributed by atoms with Gasteiger partial charge in [-0.2, -0.15) is 0 Å². The average Bonchev–Trinajstić information content (AvgIpc) is 3.46. The van der Waals surface area contributed by atoms with Crippen molar-refractivity contribution in [3.63, 3.8) is 0 Å². The first kappa shape index (κ1) is 40.2. The Hall–Kier alpha value is -3.99. The van der Waals surface area contributed by atoms with Crippen molar-refractivity contribution < 1.29 is 28.7 Å². The van der Waals surface area contributed by atoms with Crippen LogP contribution in [0.2, 0.25) is 0 Å². The lowest BCUT2D eigenvalue weighted by Gasteiger charge is -2.56. The summed E-state index contributed by atoms with van der Waals surface area (Å²) in [6, 6.07) is 6.95. The number of nitrogens with one attached hydrogen (secondary N) is 4. The lowest BCUT2D eigenvalue weighted by Crippen LogP contribution is -2.64. The highest BCUT2D eigenvalue weighted by Crippen LogP contribution is 2.65. The van der Waals surface area contributed by atoms with Gasteiger partial charge in [0.1, 0.15) is 12.1 Å². The van der Waals surface area contributed by atoms with E-state index in [9.17, 15) is 24.0 Å². The average molecular weight is 770 g/mol. The van der Waals surface area contributed by atoms with E-state index in [4.69, 9.17) is 4.74 Å². The molecular formula is C45H63N5O6. The molecule has 0 aromatic heterocycles. The van der Waals surface area contributed by atoms with Crippen molar-refractivity contribution in [2.24, 2.45) is 40.9 Å². The minimum Gasteiger partial charge on any atom is -0.373 e. The molecule has 7 aliphatic rings. The number of rotatable bonds is 17. The molecule has 7 fully saturated rings. The molecule has 5 atom stereocenters. The molecule has 0 spiro atoms. The van der Waals surface area contributed by atoms with E-state index in [1.165, 1.54) is 19.3 Å². The van der Waals surface area contributed by atoms with Crippen molar-refractivity contribution in [2.75, 3.05) is 19.7 Å². The van der Waals surface area contributed by atoms with Gasteiger partial charge in [0.25, 0.3) is 5.91 Å². The van der Waals surface area contributed by atoms with Crippen molar-refractivity contribution in [3.8, 4) is 0 Å². The molecule has 0 radical (unpaired) electrons. The normalized spacial score (nSPS) is 30.9. The van der Waals surface area contributed by atoms with Crippen LogP contribution < -0.4 is 21.3 Å². The van der Waals surface area contributed by atoms with Gasteiger partial charge in [-0.15, -0.1) is 6.58 Å². The molecule has 56 heavy (non-hydrogen) atoms. The number of carbonyl (C=O) groups is 5. The van der Waals surface area contributed by atoms with Crippen LogP contribution in [0.5, 0.6) is 0 Å². The number of hydrogen-bond donors (Lipinski definition) is 4. The summed E-state index contributed by atoms with van der Waals surface area (Å²) in [5.41, 5.74) is 0.721. The zero-order valence-corrected chi connectivity index (χ0v) is 33.4. The Morgan fingerprint density at radius 3 is 2.27 bits per heavy atom. The Bertz CT molecular complexity index is 1620. The highest BCUT2D eigenvalue weighted by Gasteiger charge is 2.70. The number of Topliss-reactive ketones (excluding diaryl/α,β-unsaturated/α-hetero) is 1. The van der Waals surface area contributed by atoms with E-state index in [-0.39, 0.29) is 53.6 Å². The number of nitrogens with zero attached hydrogens (tertiary/aromatic N) is 1. The summed E-state index contributed by atoms with van der Waals surface area (Å²) in [6.07, 6.45) is 17.5. The number of urea groups is 1. The maximum Gasteiger partial charge on any atom is 0.315 e. The molecular weight excluding hydrogens is 707 g/mol. The molecule has 0 unspecified atom stereocenters. The van der Waals surface area contributed by atoms with Gasteiger partial charge in [0, 0.05) is 18.6 Å². The van der Waals surface area contributed by atoms with E-state index in [0.29, 0.717) is 43.9 Å². The van der Waals surface area contributed by atoms with E-state index in [0.717, 1.165) is 56.9 Å². The second-order valence-electron chi connectivity index (χ2n) is 18.5. The highest BCUT2D eigenvalue weighted by molar-refractivity contribution is 6.38. The summed E-state index contributed by atoms with van der Waals surface area (Å²) in [4.78, 5) is 71.3. The molecule has 1 aliphatic heterocycles. The second kappa shape index (κ2) is 17.2. The van der Waals surface area contributed by atoms with Gasteiger partial charge in [-0.1, -0.05) is 81.7 Å². The third-order valence-electron chi connectivity index (χ3n) is 14.2. The van der Waals surface area contributed by atoms with Gasteiger partial charge in [-0.05, 0) is 111 Å². The molecule has 1 heterocycles. The SMILES string of the molecule is C=CCC[C@H](NC(=O)[C@@H]1[C@@H]2[C@H](CN1C(=O)[C@@H](NC(=O)NC13CC4CC(CC(C4)C1)C3)C1CCCCC1)C2(C)C)C(=O)C(=O)NCC=CCOCc1ccccc1. The lowest BCUT2D eigenvalue weighted by molar-refractivity contribution is -0.144. The number of ketones is 1. The van der Waals surface area contributed by atoms with Crippen molar-refractivity contribution in [1.82, 2.24) is 26.2 Å². The van der Waals surface area contributed by atoms with Gasteiger partial charge in [-0.25, -0.2) is 4.79 Å². The molecule has 4 bridgehead atoms. The van der Waals surface area contributed by atoms with Gasteiger partial charge in [0.15, 0.2) is 0 Å². The van der Waals surface area contributed by atoms with E-state index >= 15 is 0 Å². The van der Waals surface area contributed by atoms with Crippen molar-refractivity contribution in [2.45, 2.75) is 128 Å². The fourth-order valence-corrected chi connectivity index (χ4v) is 11.7. The Labute approximate surface area is 332 Å². The summed E-state index contributed by atoms with van der Waals surface area (Å²) in [6.45, 7) is 9.40. The maximum absolute atomic E-state index is 14.8. The fraction of sp³-hybridized carbons (Fsp3) is 0.667. The number of ether oxygens (including phenoxy) is 1.